The number of nitrogen functional groups attached to an aromatic ring is 1. The van der Waals surface area contributed by atoms with Gasteiger partial charge in [-0.3, -0.25) is 14.3 Å². The monoisotopic (exact) mass is 503 g/mol. The normalized spacial score (nSPS) is 16.8. The van der Waals surface area contributed by atoms with Crippen molar-refractivity contribution in [2.75, 3.05) is 33.0 Å². The number of pyridine rings is 1. The fraction of sp³-hybridized carbons (Fsp3) is 0.333. The van der Waals surface area contributed by atoms with E-state index in [1.165, 1.54) is 38.6 Å². The standard InChI is InChI=1S/C27H26FN5O4/c1-4-22(34)32-10-9-17(14-32)33-25-19(26(35)15-5-6-15)13-30-27(29)23(25)20(31-33)8-7-16-11-18(36-2)12-21(37-3)24(16)28/h4,11-13,15,17H,1,5-6,9-10,14H2,2-3H3,(H2,29,30). The van der Waals surface area contributed by atoms with Crippen LogP contribution in [0.3, 0.4) is 0 Å². The third-order valence-corrected chi connectivity index (χ3v) is 6.75. The molecule has 5 rings (SSSR count). The van der Waals surface area contributed by atoms with E-state index < -0.39 is 5.82 Å². The Kier molecular flexibility index (Phi) is 6.29. The number of likely N-dealkylation sites (tertiary alicyclic amines) is 1. The number of carbonyl (C=O) groups is 2. The molecule has 2 N–H and O–H groups in total. The molecule has 1 atom stereocenters. The van der Waals surface area contributed by atoms with Crippen LogP contribution in [0.15, 0.2) is 31.0 Å². The second-order valence-electron chi connectivity index (χ2n) is 9.08. The number of hydrogen-bond donors (Lipinski definition) is 1. The molecule has 190 valence electrons. The minimum atomic E-state index is -0.635. The Labute approximate surface area is 213 Å². The third-order valence-electron chi connectivity index (χ3n) is 6.75. The van der Waals surface area contributed by atoms with Gasteiger partial charge in [-0.2, -0.15) is 5.10 Å². The number of methoxy groups -OCH3 is 2. The first-order valence-electron chi connectivity index (χ1n) is 11.9. The quantitative estimate of drug-likeness (QED) is 0.312. The number of benzene rings is 1. The second-order valence-corrected chi connectivity index (χ2v) is 9.08. The number of halogens is 1. The molecule has 0 spiro atoms. The highest BCUT2D eigenvalue weighted by Crippen LogP contribution is 2.38. The number of rotatable bonds is 6. The van der Waals surface area contributed by atoms with Crippen molar-refractivity contribution in [3.8, 4) is 23.3 Å². The number of ether oxygens (including phenoxy) is 2. The molecule has 1 aliphatic heterocycles. The average molecular weight is 504 g/mol. The Morgan fingerprint density at radius 1 is 1.22 bits per heavy atom. The number of nitrogens with zero attached hydrogens (tertiary/aromatic N) is 4. The molecule has 1 saturated heterocycles. The first kappa shape index (κ1) is 24.3. The topological polar surface area (TPSA) is 113 Å². The molecule has 1 amide bonds. The van der Waals surface area contributed by atoms with Crippen LogP contribution in [0.1, 0.15) is 46.9 Å². The Bertz CT molecular complexity index is 1500. The number of Topliss-reactive ketones (excluding diaryl/α,β-unsaturated/α-hetero) is 1. The minimum absolute atomic E-state index is 0.00420. The molecule has 0 radical (unpaired) electrons. The lowest BCUT2D eigenvalue weighted by atomic mass is 10.0. The van der Waals surface area contributed by atoms with E-state index in [4.69, 9.17) is 20.3 Å². The van der Waals surface area contributed by atoms with E-state index in [9.17, 15) is 14.0 Å². The number of carbonyl (C=O) groups excluding carboxylic acids is 2. The van der Waals surface area contributed by atoms with Gasteiger partial charge in [0.05, 0.1) is 42.3 Å². The predicted molar refractivity (Wildman–Crippen MR) is 135 cm³/mol. The molecule has 2 fully saturated rings. The van der Waals surface area contributed by atoms with E-state index in [2.05, 4.69) is 23.4 Å². The highest BCUT2D eigenvalue weighted by atomic mass is 19.1. The summed E-state index contributed by atoms with van der Waals surface area (Å²) in [4.78, 5) is 31.3. The molecular formula is C27H26FN5O4. The van der Waals surface area contributed by atoms with Gasteiger partial charge in [0.25, 0.3) is 0 Å². The van der Waals surface area contributed by atoms with Crippen LogP contribution < -0.4 is 15.2 Å². The predicted octanol–water partition coefficient (Wildman–Crippen LogP) is 3.12. The summed E-state index contributed by atoms with van der Waals surface area (Å²) in [6, 6.07) is 2.69. The van der Waals surface area contributed by atoms with Crippen LogP contribution in [0.2, 0.25) is 0 Å². The Balaban J connectivity index is 1.67. The summed E-state index contributed by atoms with van der Waals surface area (Å²) in [6.07, 6.45) is 5.05. The van der Waals surface area contributed by atoms with Gasteiger partial charge < -0.3 is 20.1 Å². The summed E-state index contributed by atoms with van der Waals surface area (Å²) in [7, 11) is 2.82. The van der Waals surface area contributed by atoms with Gasteiger partial charge in [-0.1, -0.05) is 12.5 Å². The number of amides is 1. The van der Waals surface area contributed by atoms with Crippen molar-refractivity contribution in [2.45, 2.75) is 25.3 Å². The lowest BCUT2D eigenvalue weighted by molar-refractivity contribution is -0.125. The van der Waals surface area contributed by atoms with Gasteiger partial charge >= 0.3 is 0 Å². The molecule has 1 unspecified atom stereocenters. The van der Waals surface area contributed by atoms with Crippen molar-refractivity contribution in [3.05, 3.63) is 53.6 Å². The maximum Gasteiger partial charge on any atom is 0.246 e. The van der Waals surface area contributed by atoms with Crippen molar-refractivity contribution in [1.29, 1.82) is 0 Å². The molecule has 1 aromatic carbocycles. The zero-order valence-corrected chi connectivity index (χ0v) is 20.6. The van der Waals surface area contributed by atoms with Gasteiger partial charge in [-0.15, -0.1) is 0 Å². The summed E-state index contributed by atoms with van der Waals surface area (Å²) in [5, 5.41) is 5.16. The van der Waals surface area contributed by atoms with Crippen LogP contribution in [-0.4, -0.2) is 58.7 Å². The number of hydrogen-bond acceptors (Lipinski definition) is 7. The average Bonchev–Trinajstić information content (AvgIpc) is 3.52. The molecule has 37 heavy (non-hydrogen) atoms. The molecule has 1 aliphatic carbocycles. The first-order chi connectivity index (χ1) is 17.9. The Morgan fingerprint density at radius 3 is 2.68 bits per heavy atom. The van der Waals surface area contributed by atoms with E-state index in [1.54, 1.807) is 9.58 Å². The number of anilines is 1. The summed E-state index contributed by atoms with van der Waals surface area (Å²) in [5.74, 6) is 5.42. The van der Waals surface area contributed by atoms with Gasteiger partial charge in [-0.25, -0.2) is 9.37 Å². The summed E-state index contributed by atoms with van der Waals surface area (Å²) < 4.78 is 27.0. The summed E-state index contributed by atoms with van der Waals surface area (Å²) >= 11 is 0. The van der Waals surface area contributed by atoms with Crippen molar-refractivity contribution in [3.63, 3.8) is 0 Å². The zero-order chi connectivity index (χ0) is 26.3. The maximum atomic E-state index is 14.9. The molecule has 2 aliphatic rings. The van der Waals surface area contributed by atoms with Gasteiger partial charge in [0, 0.05) is 31.3 Å². The lowest BCUT2D eigenvalue weighted by Crippen LogP contribution is -2.27. The van der Waals surface area contributed by atoms with Crippen molar-refractivity contribution < 1.29 is 23.5 Å². The second kappa shape index (κ2) is 9.58. The van der Waals surface area contributed by atoms with E-state index in [0.717, 1.165) is 12.8 Å². The van der Waals surface area contributed by atoms with Crippen LogP contribution in [0.4, 0.5) is 10.2 Å². The number of fused-ring (bicyclic) bond motifs is 1. The fourth-order valence-corrected chi connectivity index (χ4v) is 4.62. The van der Waals surface area contributed by atoms with Gasteiger partial charge in [0.2, 0.25) is 5.91 Å². The number of nitrogens with two attached hydrogens (primary N) is 1. The summed E-state index contributed by atoms with van der Waals surface area (Å²) in [5.41, 5.74) is 7.56. The minimum Gasteiger partial charge on any atom is -0.497 e. The fourth-order valence-electron chi connectivity index (χ4n) is 4.62. The highest BCUT2D eigenvalue weighted by molar-refractivity contribution is 6.11. The molecule has 2 aromatic heterocycles. The molecule has 1 saturated carbocycles. The molecular weight excluding hydrogens is 477 g/mol. The molecule has 3 aromatic rings. The highest BCUT2D eigenvalue weighted by Gasteiger charge is 2.35. The smallest absolute Gasteiger partial charge is 0.246 e. The van der Waals surface area contributed by atoms with E-state index in [-0.39, 0.29) is 46.5 Å². The SMILES string of the molecule is C=CC(=O)N1CCC(n2nc(C#Cc3cc(OC)cc(OC)c3F)c3c(N)ncc(C(=O)C4CC4)c32)C1. The van der Waals surface area contributed by atoms with Crippen LogP contribution in [0.25, 0.3) is 10.9 Å². The third kappa shape index (κ3) is 4.37. The van der Waals surface area contributed by atoms with Crippen molar-refractivity contribution in [1.82, 2.24) is 19.7 Å². The van der Waals surface area contributed by atoms with Gasteiger partial charge in [-0.05, 0) is 37.3 Å². The van der Waals surface area contributed by atoms with E-state index in [1.807, 2.05) is 0 Å². The number of aromatic nitrogens is 3. The number of ketones is 1. The van der Waals surface area contributed by atoms with E-state index in [0.29, 0.717) is 41.7 Å². The molecule has 3 heterocycles. The van der Waals surface area contributed by atoms with Crippen LogP contribution in [-0.2, 0) is 4.79 Å². The van der Waals surface area contributed by atoms with Crippen LogP contribution >= 0.6 is 0 Å². The van der Waals surface area contributed by atoms with Crippen LogP contribution in [0, 0.1) is 23.6 Å². The largest absolute Gasteiger partial charge is 0.497 e. The zero-order valence-electron chi connectivity index (χ0n) is 20.6. The van der Waals surface area contributed by atoms with Crippen LogP contribution in [0.5, 0.6) is 11.5 Å². The summed E-state index contributed by atoms with van der Waals surface area (Å²) in [6.45, 7) is 4.49. The molecule has 0 bridgehead atoms. The lowest BCUT2D eigenvalue weighted by Gasteiger charge is -2.16. The van der Waals surface area contributed by atoms with Crippen molar-refractivity contribution in [2.24, 2.45) is 5.92 Å². The molecule has 10 heteroatoms. The Hall–Kier alpha value is -4.39. The van der Waals surface area contributed by atoms with Gasteiger partial charge in [0.1, 0.15) is 17.3 Å². The molecule has 9 nitrogen and oxygen atoms in total. The van der Waals surface area contributed by atoms with E-state index >= 15 is 0 Å². The first-order valence-corrected chi connectivity index (χ1v) is 11.9. The van der Waals surface area contributed by atoms with Crippen molar-refractivity contribution >= 4 is 28.4 Å². The maximum absolute atomic E-state index is 14.9. The van der Waals surface area contributed by atoms with Gasteiger partial charge in [0.15, 0.2) is 17.3 Å². The Morgan fingerprint density at radius 2 is 2.00 bits per heavy atom.